The summed E-state index contributed by atoms with van der Waals surface area (Å²) in [4.78, 5) is 25.9. The van der Waals surface area contributed by atoms with E-state index in [9.17, 15) is 4.79 Å². The average Bonchev–Trinajstić information content (AvgIpc) is 3.14. The first-order valence-electron chi connectivity index (χ1n) is 16.4. The summed E-state index contributed by atoms with van der Waals surface area (Å²) in [5, 5.41) is 3.79. The summed E-state index contributed by atoms with van der Waals surface area (Å²) in [5.41, 5.74) is 6.38. The molecule has 4 heterocycles. The van der Waals surface area contributed by atoms with Gasteiger partial charge in [-0.1, -0.05) is 29.8 Å². The SMILES string of the molecule is C=CC(=O)Nc1cc(-c2cc3c(cn2)C=C(c2c(Cl)c(OC)cc(OC)c2Cl)CN3/C=C\N=C)c(OC)cc1N1CCC2(CCOCC2)CC1. The molecule has 1 N–H and O–H groups in total. The standard InChI is InChI=1S/C38H41Cl2N5O5/c1-6-34(46)43-28-18-26(31(47-3)20-30(28)44-12-7-38(8-13-44)9-15-50-16-10-38)27-19-29-24(22-42-27)17-25(23-45(29)14-11-41-2)35-36(39)32(48-4)21-33(49-5)37(35)40/h6,11,14,17-22H,1-2,7-10,12-13,15-16,23H2,3-5H3,(H,43,46)/b14-11-. The van der Waals surface area contributed by atoms with Crippen LogP contribution >= 0.6 is 23.2 Å². The van der Waals surface area contributed by atoms with E-state index < -0.39 is 0 Å². The average molecular weight is 719 g/mol. The summed E-state index contributed by atoms with van der Waals surface area (Å²) in [6.45, 7) is 11.1. The number of anilines is 3. The van der Waals surface area contributed by atoms with Gasteiger partial charge in [0.25, 0.3) is 0 Å². The molecule has 3 aliphatic rings. The molecule has 0 bridgehead atoms. The summed E-state index contributed by atoms with van der Waals surface area (Å²) in [7, 11) is 4.73. The molecular formula is C38H41Cl2N5O5. The van der Waals surface area contributed by atoms with Crippen molar-refractivity contribution >= 4 is 64.5 Å². The third-order valence-electron chi connectivity index (χ3n) is 9.89. The van der Waals surface area contributed by atoms with Crippen LogP contribution in [-0.4, -0.2) is 71.8 Å². The smallest absolute Gasteiger partial charge is 0.247 e. The number of pyridine rings is 1. The molecule has 50 heavy (non-hydrogen) atoms. The number of hydrogen-bond donors (Lipinski definition) is 1. The lowest BCUT2D eigenvalue weighted by atomic mass is 9.72. The van der Waals surface area contributed by atoms with Crippen molar-refractivity contribution in [1.82, 2.24) is 4.98 Å². The van der Waals surface area contributed by atoms with E-state index in [4.69, 9.17) is 47.1 Å². The van der Waals surface area contributed by atoms with Gasteiger partial charge in [-0.3, -0.25) is 14.8 Å². The molecule has 10 nitrogen and oxygen atoms in total. The number of aliphatic imine (C=N–C) groups is 1. The van der Waals surface area contributed by atoms with Crippen LogP contribution in [0.5, 0.6) is 17.2 Å². The van der Waals surface area contributed by atoms with Crippen molar-refractivity contribution in [3.8, 4) is 28.5 Å². The van der Waals surface area contributed by atoms with Crippen LogP contribution < -0.4 is 29.3 Å². The number of fused-ring (bicyclic) bond motifs is 1. The fourth-order valence-electron chi connectivity index (χ4n) is 7.05. The summed E-state index contributed by atoms with van der Waals surface area (Å²) < 4.78 is 22.7. The molecule has 12 heteroatoms. The zero-order valence-electron chi connectivity index (χ0n) is 28.6. The summed E-state index contributed by atoms with van der Waals surface area (Å²) >= 11 is 13.6. The number of benzene rings is 2. The molecule has 3 aromatic rings. The molecule has 0 unspecified atom stereocenters. The van der Waals surface area contributed by atoms with Crippen LogP contribution in [0.3, 0.4) is 0 Å². The molecule has 262 valence electrons. The monoisotopic (exact) mass is 717 g/mol. The lowest BCUT2D eigenvalue weighted by Gasteiger charge is -2.45. The summed E-state index contributed by atoms with van der Waals surface area (Å²) in [5.74, 6) is 1.23. The number of ether oxygens (including phenoxy) is 4. The van der Waals surface area contributed by atoms with E-state index in [-0.39, 0.29) is 5.91 Å². The highest BCUT2D eigenvalue weighted by Crippen LogP contribution is 2.48. The second-order valence-corrected chi connectivity index (χ2v) is 13.3. The number of aromatic nitrogens is 1. The molecule has 2 saturated heterocycles. The number of nitrogens with zero attached hydrogens (tertiary/aromatic N) is 4. The Morgan fingerprint density at radius 1 is 0.980 bits per heavy atom. The van der Waals surface area contributed by atoms with Crippen LogP contribution in [0.1, 0.15) is 36.8 Å². The van der Waals surface area contributed by atoms with Crippen LogP contribution in [0, 0.1) is 5.41 Å². The molecule has 0 saturated carbocycles. The van der Waals surface area contributed by atoms with E-state index >= 15 is 0 Å². The fourth-order valence-corrected chi connectivity index (χ4v) is 7.80. The molecular weight excluding hydrogens is 677 g/mol. The van der Waals surface area contributed by atoms with Gasteiger partial charge < -0.3 is 34.1 Å². The van der Waals surface area contributed by atoms with E-state index in [1.807, 2.05) is 35.4 Å². The summed E-state index contributed by atoms with van der Waals surface area (Å²) in [6.07, 6.45) is 12.8. The largest absolute Gasteiger partial charge is 0.496 e. The Balaban J connectivity index is 1.42. The van der Waals surface area contributed by atoms with Crippen LogP contribution in [0.15, 0.2) is 60.5 Å². The zero-order chi connectivity index (χ0) is 35.4. The van der Waals surface area contributed by atoms with E-state index in [2.05, 4.69) is 28.5 Å². The number of nitrogens with one attached hydrogen (secondary N) is 1. The van der Waals surface area contributed by atoms with Crippen LogP contribution in [0.4, 0.5) is 17.1 Å². The Morgan fingerprint density at radius 3 is 2.28 bits per heavy atom. The van der Waals surface area contributed by atoms with Gasteiger partial charge in [0.05, 0.1) is 54.1 Å². The molecule has 2 aromatic carbocycles. The van der Waals surface area contributed by atoms with Gasteiger partial charge in [-0.05, 0) is 67.7 Å². The Labute approximate surface area is 303 Å². The highest BCUT2D eigenvalue weighted by Gasteiger charge is 2.37. The van der Waals surface area contributed by atoms with Gasteiger partial charge in [-0.15, -0.1) is 0 Å². The van der Waals surface area contributed by atoms with Gasteiger partial charge in [0.2, 0.25) is 5.91 Å². The Morgan fingerprint density at radius 2 is 1.66 bits per heavy atom. The predicted molar refractivity (Wildman–Crippen MR) is 202 cm³/mol. The molecule has 6 rings (SSSR count). The fraction of sp³-hybridized carbons (Fsp3) is 0.342. The first kappa shape index (κ1) is 35.3. The minimum atomic E-state index is -0.295. The maximum Gasteiger partial charge on any atom is 0.247 e. The maximum atomic E-state index is 12.7. The van der Waals surface area contributed by atoms with Crippen molar-refractivity contribution in [3.63, 3.8) is 0 Å². The Kier molecular flexibility index (Phi) is 10.7. The number of amides is 1. The third kappa shape index (κ3) is 6.92. The van der Waals surface area contributed by atoms with Gasteiger partial charge in [0, 0.05) is 80.3 Å². The van der Waals surface area contributed by atoms with E-state index in [1.54, 1.807) is 39.8 Å². The normalized spacial score (nSPS) is 16.9. The molecule has 1 spiro atoms. The number of methoxy groups -OCH3 is 3. The minimum absolute atomic E-state index is 0.295. The second-order valence-electron chi connectivity index (χ2n) is 12.6. The highest BCUT2D eigenvalue weighted by molar-refractivity contribution is 6.40. The van der Waals surface area contributed by atoms with Crippen molar-refractivity contribution in [1.29, 1.82) is 0 Å². The first-order chi connectivity index (χ1) is 24.2. The lowest BCUT2D eigenvalue weighted by Crippen LogP contribution is -2.43. The molecule has 3 aliphatic heterocycles. The zero-order valence-corrected chi connectivity index (χ0v) is 30.1. The predicted octanol–water partition coefficient (Wildman–Crippen LogP) is 8.14. The van der Waals surface area contributed by atoms with Gasteiger partial charge >= 0.3 is 0 Å². The first-order valence-corrected chi connectivity index (χ1v) is 17.2. The number of carbonyl (C=O) groups is 1. The Bertz CT molecular complexity index is 1830. The Hall–Kier alpha value is -4.51. The van der Waals surface area contributed by atoms with Crippen molar-refractivity contribution in [2.24, 2.45) is 10.4 Å². The number of halogens is 2. The number of hydrogen-bond acceptors (Lipinski definition) is 9. The second kappa shape index (κ2) is 15.2. The van der Waals surface area contributed by atoms with E-state index in [0.717, 1.165) is 80.1 Å². The van der Waals surface area contributed by atoms with Crippen LogP contribution in [0.2, 0.25) is 10.0 Å². The molecule has 2 fully saturated rings. The van der Waals surface area contributed by atoms with E-state index in [1.165, 1.54) is 6.08 Å². The third-order valence-corrected chi connectivity index (χ3v) is 10.6. The number of rotatable bonds is 10. The van der Waals surface area contributed by atoms with Gasteiger partial charge in [0.15, 0.2) is 0 Å². The maximum absolute atomic E-state index is 12.7. The minimum Gasteiger partial charge on any atom is -0.496 e. The molecule has 1 amide bonds. The molecule has 0 atom stereocenters. The van der Waals surface area contributed by atoms with Gasteiger partial charge in [0.1, 0.15) is 17.2 Å². The summed E-state index contributed by atoms with van der Waals surface area (Å²) in [6, 6.07) is 7.57. The quantitative estimate of drug-likeness (QED) is 0.166. The van der Waals surface area contributed by atoms with Gasteiger partial charge in [-0.25, -0.2) is 0 Å². The van der Waals surface area contributed by atoms with Crippen molar-refractivity contribution in [2.45, 2.75) is 25.7 Å². The van der Waals surface area contributed by atoms with Crippen LogP contribution in [0.25, 0.3) is 22.9 Å². The van der Waals surface area contributed by atoms with E-state index in [0.29, 0.717) is 56.2 Å². The number of piperidine rings is 1. The molecule has 0 radical (unpaired) electrons. The van der Waals surface area contributed by atoms with Gasteiger partial charge in [-0.2, -0.15) is 0 Å². The highest BCUT2D eigenvalue weighted by atomic mass is 35.5. The molecule has 1 aromatic heterocycles. The topological polar surface area (TPSA) is 97.8 Å². The van der Waals surface area contributed by atoms with Crippen LogP contribution in [-0.2, 0) is 9.53 Å². The van der Waals surface area contributed by atoms with Crippen molar-refractivity contribution in [2.75, 3.05) is 69.3 Å². The van der Waals surface area contributed by atoms with Crippen molar-refractivity contribution < 1.29 is 23.7 Å². The number of carbonyl (C=O) groups excluding carboxylic acids is 1. The lowest BCUT2D eigenvalue weighted by molar-refractivity contribution is -0.111. The molecule has 0 aliphatic carbocycles. The van der Waals surface area contributed by atoms with Crippen molar-refractivity contribution in [3.05, 3.63) is 76.7 Å².